The Bertz CT molecular complexity index is 828. The van der Waals surface area contributed by atoms with Crippen LogP contribution in [0.15, 0.2) is 41.3 Å². The number of hydrogen-bond donors (Lipinski definition) is 1. The quantitative estimate of drug-likeness (QED) is 0.884. The van der Waals surface area contributed by atoms with Gasteiger partial charge in [0, 0.05) is 31.7 Å². The Hall–Kier alpha value is -2.70. The standard InChI is InChI=1S/C19H23FN4O2/c1-2-24-19(26)12-17(13-21-24)23-8-6-16(7-9-23)22-18(25)11-14-4-3-5-15(20)10-14/h3-5,10,12-13,16H,2,6-9,11H2,1H3,(H,22,25). The van der Waals surface area contributed by atoms with Crippen molar-refractivity contribution < 1.29 is 9.18 Å². The van der Waals surface area contributed by atoms with Crippen LogP contribution in [0.4, 0.5) is 10.1 Å². The minimum Gasteiger partial charge on any atom is -0.370 e. The maximum atomic E-state index is 13.2. The summed E-state index contributed by atoms with van der Waals surface area (Å²) in [7, 11) is 0. The molecule has 26 heavy (non-hydrogen) atoms. The van der Waals surface area contributed by atoms with Crippen molar-refractivity contribution in [3.05, 3.63) is 58.3 Å². The van der Waals surface area contributed by atoms with Crippen molar-refractivity contribution in [3.8, 4) is 0 Å². The molecule has 1 amide bonds. The lowest BCUT2D eigenvalue weighted by Gasteiger charge is -2.33. The van der Waals surface area contributed by atoms with E-state index in [0.717, 1.165) is 31.6 Å². The van der Waals surface area contributed by atoms with Crippen LogP contribution >= 0.6 is 0 Å². The molecule has 1 aliphatic rings. The van der Waals surface area contributed by atoms with Gasteiger partial charge >= 0.3 is 0 Å². The molecule has 1 N–H and O–H groups in total. The lowest BCUT2D eigenvalue weighted by molar-refractivity contribution is -0.121. The number of halogens is 1. The molecular formula is C19H23FN4O2. The summed E-state index contributed by atoms with van der Waals surface area (Å²) >= 11 is 0. The molecule has 0 radical (unpaired) electrons. The normalized spacial score (nSPS) is 15.1. The minimum atomic E-state index is -0.331. The van der Waals surface area contributed by atoms with Gasteiger partial charge in [0.2, 0.25) is 5.91 Å². The zero-order valence-electron chi connectivity index (χ0n) is 14.8. The molecule has 7 heteroatoms. The second-order valence-electron chi connectivity index (χ2n) is 6.50. The van der Waals surface area contributed by atoms with Crippen molar-refractivity contribution in [2.24, 2.45) is 0 Å². The van der Waals surface area contributed by atoms with Crippen LogP contribution in [0.5, 0.6) is 0 Å². The second-order valence-corrected chi connectivity index (χ2v) is 6.50. The third-order valence-corrected chi connectivity index (χ3v) is 4.63. The van der Waals surface area contributed by atoms with Gasteiger partial charge in [-0.05, 0) is 37.5 Å². The number of aromatic nitrogens is 2. The van der Waals surface area contributed by atoms with Gasteiger partial charge in [-0.15, -0.1) is 0 Å². The smallest absolute Gasteiger partial charge is 0.268 e. The van der Waals surface area contributed by atoms with Gasteiger partial charge in [-0.2, -0.15) is 5.10 Å². The number of hydrogen-bond acceptors (Lipinski definition) is 4. The number of nitrogens with zero attached hydrogens (tertiary/aromatic N) is 3. The Kier molecular flexibility index (Phi) is 5.65. The molecule has 0 bridgehead atoms. The molecule has 3 rings (SSSR count). The van der Waals surface area contributed by atoms with Crippen molar-refractivity contribution in [1.29, 1.82) is 0 Å². The van der Waals surface area contributed by atoms with E-state index in [4.69, 9.17) is 0 Å². The SMILES string of the molecule is CCn1ncc(N2CCC(NC(=O)Cc3cccc(F)c3)CC2)cc1=O. The number of rotatable bonds is 5. The van der Waals surface area contributed by atoms with E-state index in [2.05, 4.69) is 15.3 Å². The lowest BCUT2D eigenvalue weighted by Crippen LogP contribution is -2.45. The minimum absolute atomic E-state index is 0.0938. The zero-order valence-corrected chi connectivity index (χ0v) is 14.8. The van der Waals surface area contributed by atoms with Crippen LogP contribution in [0.2, 0.25) is 0 Å². The highest BCUT2D eigenvalue weighted by Gasteiger charge is 2.21. The van der Waals surface area contributed by atoms with Crippen molar-refractivity contribution >= 4 is 11.6 Å². The summed E-state index contributed by atoms with van der Waals surface area (Å²) in [5, 5.41) is 7.17. The monoisotopic (exact) mass is 358 g/mol. The number of anilines is 1. The van der Waals surface area contributed by atoms with Crippen molar-refractivity contribution in [1.82, 2.24) is 15.1 Å². The van der Waals surface area contributed by atoms with E-state index >= 15 is 0 Å². The maximum absolute atomic E-state index is 13.2. The van der Waals surface area contributed by atoms with Crippen LogP contribution in [0.3, 0.4) is 0 Å². The van der Waals surface area contributed by atoms with Crippen molar-refractivity contribution in [3.63, 3.8) is 0 Å². The zero-order chi connectivity index (χ0) is 18.5. The maximum Gasteiger partial charge on any atom is 0.268 e. The summed E-state index contributed by atoms with van der Waals surface area (Å²) in [4.78, 5) is 26.2. The average molecular weight is 358 g/mol. The van der Waals surface area contributed by atoms with E-state index < -0.39 is 0 Å². The predicted octanol–water partition coefficient (Wildman–Crippen LogP) is 1.73. The Morgan fingerprint density at radius 1 is 1.31 bits per heavy atom. The number of carbonyl (C=O) groups is 1. The Morgan fingerprint density at radius 3 is 2.73 bits per heavy atom. The Morgan fingerprint density at radius 2 is 2.08 bits per heavy atom. The van der Waals surface area contributed by atoms with Gasteiger partial charge in [0.25, 0.3) is 5.56 Å². The highest BCUT2D eigenvalue weighted by molar-refractivity contribution is 5.78. The molecule has 0 saturated carbocycles. The van der Waals surface area contributed by atoms with Crippen LogP contribution < -0.4 is 15.8 Å². The number of benzene rings is 1. The van der Waals surface area contributed by atoms with Crippen molar-refractivity contribution in [2.75, 3.05) is 18.0 Å². The molecule has 0 spiro atoms. The molecule has 1 aromatic heterocycles. The van der Waals surface area contributed by atoms with E-state index in [1.807, 2.05) is 6.92 Å². The fourth-order valence-electron chi connectivity index (χ4n) is 3.23. The topological polar surface area (TPSA) is 67.2 Å². The number of amides is 1. The molecule has 1 fully saturated rings. The molecule has 1 aliphatic heterocycles. The largest absolute Gasteiger partial charge is 0.370 e. The van der Waals surface area contributed by atoms with E-state index in [9.17, 15) is 14.0 Å². The second kappa shape index (κ2) is 8.12. The number of carbonyl (C=O) groups excluding carboxylic acids is 1. The number of nitrogens with one attached hydrogen (secondary N) is 1. The van der Waals surface area contributed by atoms with E-state index in [-0.39, 0.29) is 29.7 Å². The Balaban J connectivity index is 1.51. The third-order valence-electron chi connectivity index (χ3n) is 4.63. The summed E-state index contributed by atoms with van der Waals surface area (Å²) in [6.07, 6.45) is 3.49. The first-order valence-electron chi connectivity index (χ1n) is 8.91. The van der Waals surface area contributed by atoms with Crippen LogP contribution in [-0.2, 0) is 17.8 Å². The highest BCUT2D eigenvalue weighted by Crippen LogP contribution is 2.18. The molecule has 0 aliphatic carbocycles. The van der Waals surface area contributed by atoms with Gasteiger partial charge in [-0.1, -0.05) is 12.1 Å². The van der Waals surface area contributed by atoms with Gasteiger partial charge in [-0.25, -0.2) is 9.07 Å². The van der Waals surface area contributed by atoms with Crippen LogP contribution in [0, 0.1) is 5.82 Å². The highest BCUT2D eigenvalue weighted by atomic mass is 19.1. The van der Waals surface area contributed by atoms with E-state index in [1.54, 1.807) is 24.4 Å². The molecule has 2 aromatic rings. The molecule has 2 heterocycles. The Labute approximate surface area is 151 Å². The fourth-order valence-corrected chi connectivity index (χ4v) is 3.23. The number of aryl methyl sites for hydroxylation is 1. The van der Waals surface area contributed by atoms with E-state index in [1.165, 1.54) is 16.8 Å². The molecule has 0 atom stereocenters. The predicted molar refractivity (Wildman–Crippen MR) is 97.7 cm³/mol. The lowest BCUT2D eigenvalue weighted by atomic mass is 10.0. The van der Waals surface area contributed by atoms with Crippen molar-refractivity contribution in [2.45, 2.75) is 38.8 Å². The van der Waals surface area contributed by atoms with Crippen LogP contribution in [0.25, 0.3) is 0 Å². The molecular weight excluding hydrogens is 335 g/mol. The number of piperidine rings is 1. The molecule has 1 saturated heterocycles. The van der Waals surface area contributed by atoms with Gasteiger partial charge in [0.1, 0.15) is 5.82 Å². The first kappa shape index (κ1) is 18.1. The average Bonchev–Trinajstić information content (AvgIpc) is 2.62. The molecule has 1 aromatic carbocycles. The van der Waals surface area contributed by atoms with Gasteiger partial charge < -0.3 is 10.2 Å². The first-order valence-corrected chi connectivity index (χ1v) is 8.91. The third kappa shape index (κ3) is 4.47. The van der Waals surface area contributed by atoms with Crippen LogP contribution in [0.1, 0.15) is 25.3 Å². The first-order chi connectivity index (χ1) is 12.5. The van der Waals surface area contributed by atoms with Gasteiger partial charge in [0.15, 0.2) is 0 Å². The van der Waals surface area contributed by atoms with Gasteiger partial charge in [0.05, 0.1) is 18.3 Å². The summed E-state index contributed by atoms with van der Waals surface area (Å²) in [5.41, 5.74) is 1.39. The summed E-state index contributed by atoms with van der Waals surface area (Å²) < 4.78 is 14.6. The van der Waals surface area contributed by atoms with Gasteiger partial charge in [-0.3, -0.25) is 9.59 Å². The molecule has 0 unspecified atom stereocenters. The fraction of sp³-hybridized carbons (Fsp3) is 0.421. The van der Waals surface area contributed by atoms with Crippen LogP contribution in [-0.4, -0.2) is 34.8 Å². The summed E-state index contributed by atoms with van der Waals surface area (Å²) in [6.45, 7) is 3.94. The van der Waals surface area contributed by atoms with E-state index in [0.29, 0.717) is 12.1 Å². The molecule has 6 nitrogen and oxygen atoms in total. The summed E-state index contributed by atoms with van der Waals surface area (Å²) in [5.74, 6) is -0.427. The summed E-state index contributed by atoms with van der Waals surface area (Å²) in [6, 6.07) is 7.81. The molecule has 138 valence electrons.